The third-order valence-electron chi connectivity index (χ3n) is 4.97. The van der Waals surface area contributed by atoms with Crippen LogP contribution in [-0.2, 0) is 42.9 Å². The Morgan fingerprint density at radius 3 is 1.97 bits per heavy atom. The number of halogens is 1. The summed E-state index contributed by atoms with van der Waals surface area (Å²) in [7, 11) is 0. The van der Waals surface area contributed by atoms with Crippen molar-refractivity contribution >= 4 is 50.6 Å². The standard InChI is InChI=1S/C24H25BrO10/c1-12(26)30-11-20-21(31-13(2)27)22(32-14(3)28)23(33-15(4)29)24(35-20)34-19-8-6-16-9-18(25)7-5-17(16)10-19/h5-10,20-24H,11H2,1-4H3/t20-,21-,22+,23-,24-/m1/s1. The highest BCUT2D eigenvalue weighted by atomic mass is 79.9. The van der Waals surface area contributed by atoms with Crippen molar-refractivity contribution in [1.29, 1.82) is 0 Å². The molecule has 2 aromatic rings. The van der Waals surface area contributed by atoms with Crippen LogP contribution >= 0.6 is 15.9 Å². The second kappa shape index (κ2) is 11.5. The first-order valence-electron chi connectivity index (χ1n) is 10.7. The number of ether oxygens (including phenoxy) is 6. The van der Waals surface area contributed by atoms with Gasteiger partial charge in [0, 0.05) is 32.2 Å². The van der Waals surface area contributed by atoms with Crippen LogP contribution in [0, 0.1) is 0 Å². The molecular formula is C24H25BrO10. The maximum absolute atomic E-state index is 11.9. The first kappa shape index (κ1) is 26.4. The molecule has 0 amide bonds. The van der Waals surface area contributed by atoms with E-state index in [-0.39, 0.29) is 6.61 Å². The number of hydrogen-bond acceptors (Lipinski definition) is 10. The zero-order valence-electron chi connectivity index (χ0n) is 19.5. The van der Waals surface area contributed by atoms with Gasteiger partial charge in [-0.15, -0.1) is 0 Å². The van der Waals surface area contributed by atoms with Crippen molar-refractivity contribution in [3.63, 3.8) is 0 Å². The van der Waals surface area contributed by atoms with Crippen LogP contribution in [0.2, 0.25) is 0 Å². The highest BCUT2D eigenvalue weighted by Gasteiger charge is 2.53. The molecule has 0 saturated carbocycles. The van der Waals surface area contributed by atoms with Gasteiger partial charge in [0.1, 0.15) is 18.5 Å². The normalized spacial score (nSPS) is 23.7. The molecule has 3 rings (SSSR count). The molecule has 1 aliphatic rings. The van der Waals surface area contributed by atoms with Crippen molar-refractivity contribution in [1.82, 2.24) is 0 Å². The molecule has 2 aromatic carbocycles. The van der Waals surface area contributed by atoms with E-state index < -0.39 is 54.6 Å². The third-order valence-corrected chi connectivity index (χ3v) is 5.47. The van der Waals surface area contributed by atoms with Crippen molar-refractivity contribution < 1.29 is 47.6 Å². The highest BCUT2D eigenvalue weighted by molar-refractivity contribution is 9.10. The van der Waals surface area contributed by atoms with Gasteiger partial charge < -0.3 is 28.4 Å². The minimum atomic E-state index is -1.30. The molecule has 5 atom stereocenters. The van der Waals surface area contributed by atoms with Gasteiger partial charge >= 0.3 is 23.9 Å². The molecule has 11 heteroatoms. The molecule has 0 N–H and O–H groups in total. The van der Waals surface area contributed by atoms with Crippen LogP contribution in [0.25, 0.3) is 10.8 Å². The minimum absolute atomic E-state index is 0.330. The van der Waals surface area contributed by atoms with E-state index in [0.717, 1.165) is 29.1 Å². The Balaban J connectivity index is 1.99. The van der Waals surface area contributed by atoms with Crippen molar-refractivity contribution in [3.8, 4) is 5.75 Å². The van der Waals surface area contributed by atoms with Crippen molar-refractivity contribution in [2.75, 3.05) is 6.61 Å². The Hall–Kier alpha value is -3.18. The molecule has 1 fully saturated rings. The van der Waals surface area contributed by atoms with Crippen LogP contribution in [0.5, 0.6) is 5.75 Å². The largest absolute Gasteiger partial charge is 0.463 e. The number of esters is 4. The Labute approximate surface area is 209 Å². The van der Waals surface area contributed by atoms with E-state index in [4.69, 9.17) is 28.4 Å². The molecule has 0 spiro atoms. The fourth-order valence-electron chi connectivity index (χ4n) is 3.69. The molecule has 1 heterocycles. The topological polar surface area (TPSA) is 124 Å². The van der Waals surface area contributed by atoms with Crippen LogP contribution in [0.15, 0.2) is 40.9 Å². The zero-order chi connectivity index (χ0) is 25.7. The van der Waals surface area contributed by atoms with Crippen LogP contribution < -0.4 is 4.74 Å². The van der Waals surface area contributed by atoms with Crippen molar-refractivity contribution in [3.05, 3.63) is 40.9 Å². The zero-order valence-corrected chi connectivity index (χ0v) is 21.1. The molecule has 0 aliphatic carbocycles. The van der Waals surface area contributed by atoms with Gasteiger partial charge in [-0.1, -0.05) is 28.1 Å². The predicted octanol–water partition coefficient (Wildman–Crippen LogP) is 3.06. The van der Waals surface area contributed by atoms with Crippen LogP contribution in [-0.4, -0.2) is 61.2 Å². The van der Waals surface area contributed by atoms with E-state index in [1.807, 2.05) is 24.3 Å². The van der Waals surface area contributed by atoms with Crippen LogP contribution in [0.3, 0.4) is 0 Å². The Morgan fingerprint density at radius 2 is 1.34 bits per heavy atom. The maximum atomic E-state index is 11.9. The smallest absolute Gasteiger partial charge is 0.303 e. The van der Waals surface area contributed by atoms with Crippen LogP contribution in [0.4, 0.5) is 0 Å². The average Bonchev–Trinajstić information content (AvgIpc) is 2.75. The second-order valence-corrected chi connectivity index (χ2v) is 8.75. The Bertz CT molecular complexity index is 1120. The molecule has 0 unspecified atom stereocenters. The van der Waals surface area contributed by atoms with Gasteiger partial charge in [-0.25, -0.2) is 0 Å². The van der Waals surface area contributed by atoms with Crippen molar-refractivity contribution in [2.24, 2.45) is 0 Å². The molecule has 1 saturated heterocycles. The number of carbonyl (C=O) groups excluding carboxylic acids is 4. The number of rotatable bonds is 7. The molecular weight excluding hydrogens is 528 g/mol. The molecule has 1 aliphatic heterocycles. The number of hydrogen-bond donors (Lipinski definition) is 0. The lowest BCUT2D eigenvalue weighted by Crippen LogP contribution is -2.63. The Morgan fingerprint density at radius 1 is 0.771 bits per heavy atom. The lowest BCUT2D eigenvalue weighted by molar-refractivity contribution is -0.288. The lowest BCUT2D eigenvalue weighted by Gasteiger charge is -2.43. The van der Waals surface area contributed by atoms with Gasteiger partial charge in [0.15, 0.2) is 12.2 Å². The summed E-state index contributed by atoms with van der Waals surface area (Å²) in [5, 5.41) is 1.82. The average molecular weight is 553 g/mol. The molecule has 0 radical (unpaired) electrons. The van der Waals surface area contributed by atoms with Gasteiger partial charge in [-0.3, -0.25) is 19.2 Å². The quantitative estimate of drug-likeness (QED) is 0.373. The van der Waals surface area contributed by atoms with E-state index in [2.05, 4.69) is 15.9 Å². The van der Waals surface area contributed by atoms with Gasteiger partial charge in [0.05, 0.1) is 0 Å². The summed E-state index contributed by atoms with van der Waals surface area (Å²) >= 11 is 3.43. The summed E-state index contributed by atoms with van der Waals surface area (Å²) in [6, 6.07) is 11.0. The fourth-order valence-corrected chi connectivity index (χ4v) is 4.06. The highest BCUT2D eigenvalue weighted by Crippen LogP contribution is 2.32. The van der Waals surface area contributed by atoms with E-state index in [1.54, 1.807) is 12.1 Å². The number of fused-ring (bicyclic) bond motifs is 1. The van der Waals surface area contributed by atoms with E-state index in [0.29, 0.717) is 5.75 Å². The van der Waals surface area contributed by atoms with E-state index in [9.17, 15) is 19.2 Å². The summed E-state index contributed by atoms with van der Waals surface area (Å²) in [5.74, 6) is -2.34. The third kappa shape index (κ3) is 7.15. The SMILES string of the molecule is CC(=O)OC[C@H]1O[C@@H](Oc2ccc3cc(Br)ccc3c2)[C@H](OC(C)=O)[C@@H](OC(C)=O)[C@@H]1OC(C)=O. The van der Waals surface area contributed by atoms with E-state index >= 15 is 0 Å². The molecule has 0 bridgehead atoms. The first-order valence-corrected chi connectivity index (χ1v) is 11.5. The van der Waals surface area contributed by atoms with Crippen molar-refractivity contribution in [2.45, 2.75) is 58.4 Å². The predicted molar refractivity (Wildman–Crippen MR) is 124 cm³/mol. The van der Waals surface area contributed by atoms with E-state index in [1.165, 1.54) is 13.8 Å². The molecule has 188 valence electrons. The molecule has 0 aromatic heterocycles. The monoisotopic (exact) mass is 552 g/mol. The molecule has 35 heavy (non-hydrogen) atoms. The summed E-state index contributed by atoms with van der Waals surface area (Å²) < 4.78 is 34.1. The van der Waals surface area contributed by atoms with Gasteiger partial charge in [0.2, 0.25) is 12.4 Å². The summed E-state index contributed by atoms with van der Waals surface area (Å²) in [4.78, 5) is 47.1. The summed E-state index contributed by atoms with van der Waals surface area (Å²) in [6.07, 6.45) is -6.20. The van der Waals surface area contributed by atoms with Crippen LogP contribution in [0.1, 0.15) is 27.7 Å². The summed E-state index contributed by atoms with van der Waals surface area (Å²) in [6.45, 7) is 4.36. The van der Waals surface area contributed by atoms with Gasteiger partial charge in [-0.2, -0.15) is 0 Å². The van der Waals surface area contributed by atoms with Gasteiger partial charge in [-0.05, 0) is 35.0 Å². The maximum Gasteiger partial charge on any atom is 0.303 e. The number of benzene rings is 2. The van der Waals surface area contributed by atoms with Gasteiger partial charge in [0.25, 0.3) is 0 Å². The summed E-state index contributed by atoms with van der Waals surface area (Å²) in [5.41, 5.74) is 0. The minimum Gasteiger partial charge on any atom is -0.463 e. The Kier molecular flexibility index (Phi) is 8.68. The lowest BCUT2D eigenvalue weighted by atomic mass is 9.98. The molecule has 10 nitrogen and oxygen atoms in total. The first-order chi connectivity index (χ1) is 16.5. The number of carbonyl (C=O) groups is 4. The fraction of sp³-hybridized carbons (Fsp3) is 0.417. The second-order valence-electron chi connectivity index (χ2n) is 7.84.